The van der Waals surface area contributed by atoms with Crippen LogP contribution >= 0.6 is 22.6 Å². The quantitative estimate of drug-likeness (QED) is 0.681. The Hall–Kier alpha value is -0.470. The standard InChI is InChI=1S/C16H22F2IN3/c1-20-6-8-21(9-7-20)13-2-4-22(5-3-13)16-14(17)10-12(19)11-15(16)18/h10-11,13H,2-9H2,1H3. The first-order chi connectivity index (χ1) is 10.5. The second-order valence-corrected chi connectivity index (χ2v) is 7.52. The molecule has 2 fully saturated rings. The second kappa shape index (κ2) is 6.97. The number of anilines is 1. The number of halogens is 3. The van der Waals surface area contributed by atoms with E-state index in [4.69, 9.17) is 0 Å². The third-order valence-electron chi connectivity index (χ3n) is 4.82. The summed E-state index contributed by atoms with van der Waals surface area (Å²) < 4.78 is 28.8. The number of hydrogen-bond donors (Lipinski definition) is 0. The minimum Gasteiger partial charge on any atom is -0.367 e. The van der Waals surface area contributed by atoms with Crippen molar-refractivity contribution in [2.45, 2.75) is 18.9 Å². The van der Waals surface area contributed by atoms with E-state index in [1.165, 1.54) is 12.1 Å². The van der Waals surface area contributed by atoms with Gasteiger partial charge in [0.05, 0.1) is 0 Å². The zero-order valence-corrected chi connectivity index (χ0v) is 15.0. The van der Waals surface area contributed by atoms with Gasteiger partial charge in [0.25, 0.3) is 0 Å². The van der Waals surface area contributed by atoms with Crippen LogP contribution in [0.1, 0.15) is 12.8 Å². The average molecular weight is 421 g/mol. The molecular formula is C16H22F2IN3. The molecule has 1 aromatic carbocycles. The van der Waals surface area contributed by atoms with Crippen LogP contribution in [-0.4, -0.2) is 62.2 Å². The summed E-state index contributed by atoms with van der Waals surface area (Å²) in [7, 11) is 2.16. The van der Waals surface area contributed by atoms with E-state index >= 15 is 0 Å². The molecule has 0 amide bonds. The lowest BCUT2D eigenvalue weighted by Gasteiger charge is -2.42. The van der Waals surface area contributed by atoms with Gasteiger partial charge in [-0.05, 0) is 54.6 Å². The molecule has 0 aliphatic carbocycles. The fraction of sp³-hybridized carbons (Fsp3) is 0.625. The van der Waals surface area contributed by atoms with Gasteiger partial charge in [-0.15, -0.1) is 0 Å². The van der Waals surface area contributed by atoms with E-state index in [1.807, 2.05) is 27.5 Å². The van der Waals surface area contributed by atoms with E-state index in [0.29, 0.717) is 9.61 Å². The molecular weight excluding hydrogens is 399 g/mol. The number of piperazine rings is 1. The zero-order chi connectivity index (χ0) is 15.7. The third-order valence-corrected chi connectivity index (χ3v) is 5.44. The number of benzene rings is 1. The third kappa shape index (κ3) is 3.54. The molecule has 1 aromatic rings. The summed E-state index contributed by atoms with van der Waals surface area (Å²) in [6.07, 6.45) is 1.96. The predicted octanol–water partition coefficient (Wildman–Crippen LogP) is 2.79. The van der Waals surface area contributed by atoms with Crippen LogP contribution in [0.4, 0.5) is 14.5 Å². The van der Waals surface area contributed by atoms with Crippen LogP contribution in [0, 0.1) is 15.2 Å². The Labute approximate surface area is 144 Å². The van der Waals surface area contributed by atoms with Gasteiger partial charge >= 0.3 is 0 Å². The highest BCUT2D eigenvalue weighted by molar-refractivity contribution is 14.1. The van der Waals surface area contributed by atoms with Crippen molar-refractivity contribution >= 4 is 28.3 Å². The summed E-state index contributed by atoms with van der Waals surface area (Å²) in [5, 5.41) is 0. The molecule has 2 aliphatic heterocycles. The Bertz CT molecular complexity index is 501. The van der Waals surface area contributed by atoms with E-state index in [1.54, 1.807) is 0 Å². The first kappa shape index (κ1) is 16.4. The van der Waals surface area contributed by atoms with Crippen LogP contribution in [-0.2, 0) is 0 Å². The first-order valence-corrected chi connectivity index (χ1v) is 8.94. The number of nitrogens with zero attached hydrogens (tertiary/aromatic N) is 3. The van der Waals surface area contributed by atoms with E-state index in [-0.39, 0.29) is 5.69 Å². The molecule has 122 valence electrons. The molecule has 22 heavy (non-hydrogen) atoms. The lowest BCUT2D eigenvalue weighted by atomic mass is 10.0. The molecule has 2 aliphatic rings. The van der Waals surface area contributed by atoms with Crippen LogP contribution in [0.3, 0.4) is 0 Å². The maximum Gasteiger partial charge on any atom is 0.150 e. The van der Waals surface area contributed by atoms with Crippen molar-refractivity contribution in [1.29, 1.82) is 0 Å². The minimum atomic E-state index is -0.442. The SMILES string of the molecule is CN1CCN(C2CCN(c3c(F)cc(I)cc3F)CC2)CC1. The first-order valence-electron chi connectivity index (χ1n) is 7.86. The zero-order valence-electron chi connectivity index (χ0n) is 12.9. The Morgan fingerprint density at radius 2 is 1.50 bits per heavy atom. The Morgan fingerprint density at radius 1 is 0.955 bits per heavy atom. The summed E-state index contributed by atoms with van der Waals surface area (Å²) in [6, 6.07) is 3.37. The van der Waals surface area contributed by atoms with Gasteiger partial charge in [0.1, 0.15) is 5.69 Å². The van der Waals surface area contributed by atoms with Crippen LogP contribution in [0.2, 0.25) is 0 Å². The van der Waals surface area contributed by atoms with Crippen molar-refractivity contribution in [1.82, 2.24) is 9.80 Å². The summed E-state index contributed by atoms with van der Waals surface area (Å²) in [6.45, 7) is 5.89. The Balaban J connectivity index is 1.62. The molecule has 0 aromatic heterocycles. The van der Waals surface area contributed by atoms with Gasteiger partial charge < -0.3 is 9.80 Å². The highest BCUT2D eigenvalue weighted by Crippen LogP contribution is 2.29. The largest absolute Gasteiger partial charge is 0.367 e. The molecule has 3 rings (SSSR count). The lowest BCUT2D eigenvalue weighted by Crippen LogP contribution is -2.52. The molecule has 0 atom stereocenters. The molecule has 6 heteroatoms. The monoisotopic (exact) mass is 421 g/mol. The fourth-order valence-electron chi connectivity index (χ4n) is 3.48. The van der Waals surface area contributed by atoms with Crippen molar-refractivity contribution in [2.24, 2.45) is 0 Å². The summed E-state index contributed by atoms with van der Waals surface area (Å²) >= 11 is 1.94. The second-order valence-electron chi connectivity index (χ2n) is 6.28. The van der Waals surface area contributed by atoms with Gasteiger partial charge in [-0.1, -0.05) is 0 Å². The minimum absolute atomic E-state index is 0.150. The van der Waals surface area contributed by atoms with E-state index < -0.39 is 11.6 Å². The molecule has 2 heterocycles. The Kier molecular flexibility index (Phi) is 5.19. The normalized spacial score (nSPS) is 22.3. The average Bonchev–Trinajstić information content (AvgIpc) is 2.48. The maximum absolute atomic E-state index is 14.1. The van der Waals surface area contributed by atoms with Crippen LogP contribution < -0.4 is 4.90 Å². The fourth-order valence-corrected chi connectivity index (χ4v) is 4.03. The van der Waals surface area contributed by atoms with Gasteiger partial charge in [0.2, 0.25) is 0 Å². The van der Waals surface area contributed by atoms with Crippen LogP contribution in [0.15, 0.2) is 12.1 Å². The summed E-state index contributed by atoms with van der Waals surface area (Å²) in [5.41, 5.74) is 0.150. The molecule has 0 bridgehead atoms. The van der Waals surface area contributed by atoms with Crippen LogP contribution in [0.5, 0.6) is 0 Å². The number of piperidine rings is 1. The molecule has 0 unspecified atom stereocenters. The molecule has 0 N–H and O–H groups in total. The molecule has 2 saturated heterocycles. The smallest absolute Gasteiger partial charge is 0.150 e. The van der Waals surface area contributed by atoms with Crippen molar-refractivity contribution in [3.8, 4) is 0 Å². The lowest BCUT2D eigenvalue weighted by molar-refractivity contribution is 0.0980. The number of rotatable bonds is 2. The molecule has 3 nitrogen and oxygen atoms in total. The van der Waals surface area contributed by atoms with Crippen LogP contribution in [0.25, 0.3) is 0 Å². The van der Waals surface area contributed by atoms with Crippen molar-refractivity contribution in [2.75, 3.05) is 51.2 Å². The topological polar surface area (TPSA) is 9.72 Å². The highest BCUT2D eigenvalue weighted by Gasteiger charge is 2.28. The summed E-state index contributed by atoms with van der Waals surface area (Å²) in [4.78, 5) is 6.76. The highest BCUT2D eigenvalue weighted by atomic mass is 127. The van der Waals surface area contributed by atoms with Crippen molar-refractivity contribution in [3.63, 3.8) is 0 Å². The van der Waals surface area contributed by atoms with Gasteiger partial charge in [-0.3, -0.25) is 4.90 Å². The molecule has 0 saturated carbocycles. The van der Waals surface area contributed by atoms with E-state index in [9.17, 15) is 8.78 Å². The van der Waals surface area contributed by atoms with Gasteiger partial charge in [-0.25, -0.2) is 8.78 Å². The van der Waals surface area contributed by atoms with Gasteiger partial charge in [0, 0.05) is 48.9 Å². The van der Waals surface area contributed by atoms with Gasteiger partial charge in [0.15, 0.2) is 11.6 Å². The van der Waals surface area contributed by atoms with Crippen molar-refractivity contribution < 1.29 is 8.78 Å². The number of hydrogen-bond acceptors (Lipinski definition) is 3. The van der Waals surface area contributed by atoms with E-state index in [0.717, 1.165) is 52.1 Å². The maximum atomic E-state index is 14.1. The number of likely N-dealkylation sites (N-methyl/N-ethyl adjacent to an activating group) is 1. The van der Waals surface area contributed by atoms with E-state index in [2.05, 4.69) is 16.8 Å². The van der Waals surface area contributed by atoms with Crippen molar-refractivity contribution in [3.05, 3.63) is 27.3 Å². The molecule has 0 spiro atoms. The van der Waals surface area contributed by atoms with Gasteiger partial charge in [-0.2, -0.15) is 0 Å². The molecule has 0 radical (unpaired) electrons. The summed E-state index contributed by atoms with van der Waals surface area (Å²) in [5.74, 6) is -0.884. The Morgan fingerprint density at radius 3 is 2.05 bits per heavy atom. The predicted molar refractivity (Wildman–Crippen MR) is 93.4 cm³/mol.